The number of amidine groups is 1. The van der Waals surface area contributed by atoms with Gasteiger partial charge in [0.25, 0.3) is 0 Å². The van der Waals surface area contributed by atoms with E-state index < -0.39 is 0 Å². The van der Waals surface area contributed by atoms with Crippen molar-refractivity contribution in [3.8, 4) is 11.5 Å². The summed E-state index contributed by atoms with van der Waals surface area (Å²) in [7, 11) is 0. The topological polar surface area (TPSA) is 91.4 Å². The maximum Gasteiger partial charge on any atom is 0.157 e. The maximum atomic E-state index is 7.44. The number of nitrogen functional groups attached to an aromatic ring is 1. The van der Waals surface area contributed by atoms with Crippen LogP contribution < -0.4 is 5.73 Å². The Morgan fingerprint density at radius 2 is 2.11 bits per heavy atom. The highest BCUT2D eigenvalue weighted by Gasteiger charge is 2.07. The summed E-state index contributed by atoms with van der Waals surface area (Å²) in [6, 6.07) is 9.38. The predicted octanol–water partition coefficient (Wildman–Crippen LogP) is 2.22. The van der Waals surface area contributed by atoms with E-state index in [1.165, 1.54) is 0 Å². The number of aromatic amines is 1. The molecule has 2 heterocycles. The Kier molecular flexibility index (Phi) is 2.52. The van der Waals surface area contributed by atoms with Gasteiger partial charge in [0.05, 0.1) is 11.0 Å². The van der Waals surface area contributed by atoms with Gasteiger partial charge in [-0.1, -0.05) is 0 Å². The quantitative estimate of drug-likeness (QED) is 0.481. The number of pyridine rings is 1. The Bertz CT molecular complexity index is 772. The SMILES string of the molecule is Cc1ccnc(-c2nc3ccc(C(=N)N)cc3[nH]2)c1. The van der Waals surface area contributed by atoms with Crippen molar-refractivity contribution >= 4 is 16.9 Å². The zero-order chi connectivity index (χ0) is 13.4. The molecule has 0 amide bonds. The van der Waals surface area contributed by atoms with Gasteiger partial charge in [-0.3, -0.25) is 10.4 Å². The van der Waals surface area contributed by atoms with Crippen LogP contribution in [-0.4, -0.2) is 20.8 Å². The predicted molar refractivity (Wildman–Crippen MR) is 75.1 cm³/mol. The van der Waals surface area contributed by atoms with Gasteiger partial charge in [0, 0.05) is 11.8 Å². The molecule has 4 N–H and O–H groups in total. The van der Waals surface area contributed by atoms with Crippen LogP contribution in [0.15, 0.2) is 36.5 Å². The number of H-pyrrole nitrogens is 1. The normalized spacial score (nSPS) is 10.8. The lowest BCUT2D eigenvalue weighted by Gasteiger charge is -1.96. The highest BCUT2D eigenvalue weighted by atomic mass is 14.9. The van der Waals surface area contributed by atoms with Gasteiger partial charge in [-0.15, -0.1) is 0 Å². The first-order valence-electron chi connectivity index (χ1n) is 5.91. The maximum absolute atomic E-state index is 7.44. The molecule has 3 rings (SSSR count). The lowest BCUT2D eigenvalue weighted by atomic mass is 10.2. The molecular formula is C14H13N5. The number of nitrogens with one attached hydrogen (secondary N) is 2. The van der Waals surface area contributed by atoms with Gasteiger partial charge in [-0.25, -0.2) is 4.98 Å². The van der Waals surface area contributed by atoms with E-state index in [4.69, 9.17) is 11.1 Å². The summed E-state index contributed by atoms with van der Waals surface area (Å²) in [5.74, 6) is 0.770. The van der Waals surface area contributed by atoms with Crippen molar-refractivity contribution < 1.29 is 0 Å². The van der Waals surface area contributed by atoms with Crippen molar-refractivity contribution in [1.29, 1.82) is 5.41 Å². The molecule has 0 saturated heterocycles. The highest BCUT2D eigenvalue weighted by molar-refractivity contribution is 5.98. The Balaban J connectivity index is 2.14. The number of imidazole rings is 1. The third-order valence-electron chi connectivity index (χ3n) is 2.95. The molecule has 0 fully saturated rings. The third-order valence-corrected chi connectivity index (χ3v) is 2.95. The molecule has 0 unspecified atom stereocenters. The van der Waals surface area contributed by atoms with Crippen LogP contribution >= 0.6 is 0 Å². The number of rotatable bonds is 2. The van der Waals surface area contributed by atoms with E-state index in [1.807, 2.05) is 31.2 Å². The van der Waals surface area contributed by atoms with Crippen molar-refractivity contribution in [3.05, 3.63) is 47.7 Å². The van der Waals surface area contributed by atoms with Crippen LogP contribution in [0.4, 0.5) is 0 Å². The van der Waals surface area contributed by atoms with E-state index in [0.717, 1.165) is 28.1 Å². The first-order valence-corrected chi connectivity index (χ1v) is 5.91. The number of nitrogens with two attached hydrogens (primary N) is 1. The largest absolute Gasteiger partial charge is 0.384 e. The molecule has 0 aliphatic carbocycles. The number of benzene rings is 1. The van der Waals surface area contributed by atoms with Gasteiger partial charge in [0.1, 0.15) is 11.5 Å². The molecule has 0 bridgehead atoms. The monoisotopic (exact) mass is 251 g/mol. The molecule has 0 atom stereocenters. The van der Waals surface area contributed by atoms with Gasteiger partial charge in [0.2, 0.25) is 0 Å². The fraction of sp³-hybridized carbons (Fsp3) is 0.0714. The molecule has 2 aromatic heterocycles. The van der Waals surface area contributed by atoms with Crippen molar-refractivity contribution in [1.82, 2.24) is 15.0 Å². The van der Waals surface area contributed by atoms with Gasteiger partial charge in [0.15, 0.2) is 5.82 Å². The molecule has 5 heteroatoms. The summed E-state index contributed by atoms with van der Waals surface area (Å²) in [4.78, 5) is 12.0. The summed E-state index contributed by atoms with van der Waals surface area (Å²) in [5, 5.41) is 7.44. The van der Waals surface area contributed by atoms with Gasteiger partial charge in [-0.05, 0) is 42.8 Å². The first kappa shape index (κ1) is 11.4. The Morgan fingerprint density at radius 3 is 2.84 bits per heavy atom. The first-order chi connectivity index (χ1) is 9.13. The van der Waals surface area contributed by atoms with Gasteiger partial charge in [-0.2, -0.15) is 0 Å². The van der Waals surface area contributed by atoms with Crippen molar-refractivity contribution in [2.24, 2.45) is 5.73 Å². The Labute approximate surface area is 110 Å². The minimum absolute atomic E-state index is 0.0479. The molecular weight excluding hydrogens is 238 g/mol. The summed E-state index contributed by atoms with van der Waals surface area (Å²) >= 11 is 0. The van der Waals surface area contributed by atoms with Crippen LogP contribution in [0.25, 0.3) is 22.6 Å². The molecule has 0 saturated carbocycles. The third kappa shape index (κ3) is 2.06. The lowest BCUT2D eigenvalue weighted by Crippen LogP contribution is -2.10. The summed E-state index contributed by atoms with van der Waals surface area (Å²) in [6.45, 7) is 2.02. The number of nitrogens with zero attached hydrogens (tertiary/aromatic N) is 2. The van der Waals surface area contributed by atoms with Crippen LogP contribution in [0.1, 0.15) is 11.1 Å². The van der Waals surface area contributed by atoms with E-state index in [-0.39, 0.29) is 5.84 Å². The molecule has 3 aromatic rings. The fourth-order valence-electron chi connectivity index (χ4n) is 1.96. The number of fused-ring (bicyclic) bond motifs is 1. The molecule has 0 aliphatic heterocycles. The van der Waals surface area contributed by atoms with Crippen LogP contribution in [0.5, 0.6) is 0 Å². The summed E-state index contributed by atoms with van der Waals surface area (Å²) < 4.78 is 0. The number of aromatic nitrogens is 3. The van der Waals surface area contributed by atoms with E-state index in [0.29, 0.717) is 5.56 Å². The number of hydrogen-bond donors (Lipinski definition) is 3. The molecule has 94 valence electrons. The molecule has 0 radical (unpaired) electrons. The fourth-order valence-corrected chi connectivity index (χ4v) is 1.96. The zero-order valence-corrected chi connectivity index (χ0v) is 10.4. The standard InChI is InChI=1S/C14H13N5/c1-8-4-5-17-12(6-8)14-18-10-3-2-9(13(15)16)7-11(10)19-14/h2-7H,1H3,(H3,15,16)(H,18,19). The lowest BCUT2D eigenvalue weighted by molar-refractivity contribution is 1.22. The van der Waals surface area contributed by atoms with Crippen LogP contribution in [-0.2, 0) is 0 Å². The molecule has 1 aromatic carbocycles. The molecule has 0 aliphatic rings. The summed E-state index contributed by atoms with van der Waals surface area (Å²) in [6.07, 6.45) is 1.76. The highest BCUT2D eigenvalue weighted by Crippen LogP contribution is 2.20. The Morgan fingerprint density at radius 1 is 1.26 bits per heavy atom. The van der Waals surface area contributed by atoms with Crippen molar-refractivity contribution in [2.45, 2.75) is 6.92 Å². The second kappa shape index (κ2) is 4.20. The number of aryl methyl sites for hydroxylation is 1. The minimum atomic E-state index is 0.0479. The second-order valence-electron chi connectivity index (χ2n) is 4.45. The van der Waals surface area contributed by atoms with Gasteiger partial charge >= 0.3 is 0 Å². The van der Waals surface area contributed by atoms with Gasteiger partial charge < -0.3 is 10.7 Å². The molecule has 19 heavy (non-hydrogen) atoms. The molecule has 5 nitrogen and oxygen atoms in total. The Hall–Kier alpha value is -2.69. The molecule has 0 spiro atoms. The van der Waals surface area contributed by atoms with E-state index in [9.17, 15) is 0 Å². The van der Waals surface area contributed by atoms with Crippen molar-refractivity contribution in [2.75, 3.05) is 0 Å². The second-order valence-corrected chi connectivity index (χ2v) is 4.45. The average Bonchev–Trinajstić information content (AvgIpc) is 2.81. The van der Waals surface area contributed by atoms with Crippen LogP contribution in [0.2, 0.25) is 0 Å². The average molecular weight is 251 g/mol. The minimum Gasteiger partial charge on any atom is -0.384 e. The number of hydrogen-bond acceptors (Lipinski definition) is 3. The van der Waals surface area contributed by atoms with E-state index in [1.54, 1.807) is 12.3 Å². The smallest absolute Gasteiger partial charge is 0.157 e. The zero-order valence-electron chi connectivity index (χ0n) is 10.4. The summed E-state index contributed by atoms with van der Waals surface area (Å²) in [5.41, 5.74) is 9.79. The van der Waals surface area contributed by atoms with E-state index >= 15 is 0 Å². The van der Waals surface area contributed by atoms with Crippen LogP contribution in [0.3, 0.4) is 0 Å². The van der Waals surface area contributed by atoms with Crippen LogP contribution in [0, 0.1) is 12.3 Å². The van der Waals surface area contributed by atoms with Crippen molar-refractivity contribution in [3.63, 3.8) is 0 Å². The van der Waals surface area contributed by atoms with E-state index in [2.05, 4.69) is 15.0 Å².